The van der Waals surface area contributed by atoms with E-state index in [9.17, 15) is 19.7 Å². The maximum Gasteiger partial charge on any atom is 0.308 e. The molecule has 0 saturated heterocycles. The number of hydrogen-bond donors (Lipinski definition) is 2. The molecule has 21 heavy (non-hydrogen) atoms. The minimum Gasteiger partial charge on any atom is -0.481 e. The minimum atomic E-state index is -0.979. The first-order chi connectivity index (χ1) is 9.90. The van der Waals surface area contributed by atoms with Crippen LogP contribution in [-0.4, -0.2) is 33.0 Å². The normalized spacial score (nSPS) is 11.9. The first-order valence-corrected chi connectivity index (χ1v) is 6.76. The molecular weight excluding hydrogens is 278 g/mol. The van der Waals surface area contributed by atoms with Crippen molar-refractivity contribution in [2.24, 2.45) is 5.92 Å². The zero-order valence-corrected chi connectivity index (χ0v) is 12.0. The van der Waals surface area contributed by atoms with Crippen molar-refractivity contribution < 1.29 is 19.6 Å². The fraction of sp³-hybridized carbons (Fsp3) is 0.538. The lowest BCUT2D eigenvalue weighted by molar-refractivity contribution is -0.384. The van der Waals surface area contributed by atoms with Crippen LogP contribution in [0.15, 0.2) is 12.3 Å². The van der Waals surface area contributed by atoms with Crippen LogP contribution in [0, 0.1) is 16.0 Å². The summed E-state index contributed by atoms with van der Waals surface area (Å²) in [4.78, 5) is 33.2. The number of amides is 1. The van der Waals surface area contributed by atoms with Crippen molar-refractivity contribution in [1.82, 2.24) is 9.88 Å². The summed E-state index contributed by atoms with van der Waals surface area (Å²) >= 11 is 0. The molecule has 0 spiro atoms. The molecule has 0 aromatic carbocycles. The van der Waals surface area contributed by atoms with Crippen molar-refractivity contribution in [2.75, 3.05) is 6.54 Å². The van der Waals surface area contributed by atoms with E-state index in [1.54, 1.807) is 6.92 Å². The number of nitro groups is 1. The average Bonchev–Trinajstić information content (AvgIpc) is 2.83. The first-order valence-electron chi connectivity index (χ1n) is 6.76. The SMILES string of the molecule is CCCn1cc([N+](=O)[O-])cc1C(=O)NCC(CC)C(=O)O. The van der Waals surface area contributed by atoms with Gasteiger partial charge in [-0.3, -0.25) is 19.7 Å². The highest BCUT2D eigenvalue weighted by molar-refractivity contribution is 5.93. The summed E-state index contributed by atoms with van der Waals surface area (Å²) in [6.45, 7) is 4.09. The second-order valence-electron chi connectivity index (χ2n) is 4.69. The number of carbonyl (C=O) groups excluding carboxylic acids is 1. The van der Waals surface area contributed by atoms with E-state index in [-0.39, 0.29) is 17.9 Å². The van der Waals surface area contributed by atoms with Crippen LogP contribution in [0.3, 0.4) is 0 Å². The number of aromatic nitrogens is 1. The van der Waals surface area contributed by atoms with E-state index in [4.69, 9.17) is 5.11 Å². The topological polar surface area (TPSA) is 114 Å². The quantitative estimate of drug-likeness (QED) is 0.559. The first kappa shape index (κ1) is 16.7. The van der Waals surface area contributed by atoms with Gasteiger partial charge in [0.1, 0.15) is 5.69 Å². The number of rotatable bonds is 8. The second-order valence-corrected chi connectivity index (χ2v) is 4.69. The summed E-state index contributed by atoms with van der Waals surface area (Å²) in [6, 6.07) is 1.20. The summed E-state index contributed by atoms with van der Waals surface area (Å²) in [5.74, 6) is -2.15. The van der Waals surface area contributed by atoms with Crippen molar-refractivity contribution >= 4 is 17.6 Å². The number of hydrogen-bond acceptors (Lipinski definition) is 4. The van der Waals surface area contributed by atoms with Gasteiger partial charge in [-0.05, 0) is 12.8 Å². The Bertz CT molecular complexity index is 538. The Labute approximate surface area is 121 Å². The molecule has 0 radical (unpaired) electrons. The summed E-state index contributed by atoms with van der Waals surface area (Å²) in [6.07, 6.45) is 2.43. The molecule has 0 saturated carbocycles. The minimum absolute atomic E-state index is 0.00420. The third-order valence-electron chi connectivity index (χ3n) is 3.14. The molecule has 1 aromatic rings. The lowest BCUT2D eigenvalue weighted by Gasteiger charge is -2.12. The van der Waals surface area contributed by atoms with Gasteiger partial charge in [0.05, 0.1) is 17.0 Å². The summed E-state index contributed by atoms with van der Waals surface area (Å²) in [5, 5.41) is 22.2. The molecule has 0 aliphatic rings. The highest BCUT2D eigenvalue weighted by Crippen LogP contribution is 2.17. The van der Waals surface area contributed by atoms with Crippen LogP contribution in [0.1, 0.15) is 37.2 Å². The fourth-order valence-corrected chi connectivity index (χ4v) is 1.92. The highest BCUT2D eigenvalue weighted by Gasteiger charge is 2.21. The van der Waals surface area contributed by atoms with Crippen molar-refractivity contribution in [3.05, 3.63) is 28.1 Å². The van der Waals surface area contributed by atoms with E-state index < -0.39 is 22.7 Å². The molecule has 1 heterocycles. The van der Waals surface area contributed by atoms with Gasteiger partial charge in [-0.25, -0.2) is 0 Å². The maximum absolute atomic E-state index is 12.1. The van der Waals surface area contributed by atoms with Gasteiger partial charge in [0, 0.05) is 19.2 Å². The highest BCUT2D eigenvalue weighted by atomic mass is 16.6. The van der Waals surface area contributed by atoms with Crippen molar-refractivity contribution in [1.29, 1.82) is 0 Å². The number of aliphatic carboxylic acids is 1. The molecule has 0 aliphatic heterocycles. The maximum atomic E-state index is 12.1. The number of carbonyl (C=O) groups is 2. The Balaban J connectivity index is 2.85. The zero-order valence-electron chi connectivity index (χ0n) is 12.0. The van der Waals surface area contributed by atoms with Gasteiger partial charge in [0.2, 0.25) is 0 Å². The Kier molecular flexibility index (Phi) is 5.89. The van der Waals surface area contributed by atoms with Crippen molar-refractivity contribution in [2.45, 2.75) is 33.2 Å². The van der Waals surface area contributed by atoms with E-state index in [0.717, 1.165) is 6.42 Å². The molecule has 0 bridgehead atoms. The molecule has 1 atom stereocenters. The molecule has 1 rings (SSSR count). The molecule has 8 heteroatoms. The third kappa shape index (κ3) is 4.30. The van der Waals surface area contributed by atoms with Gasteiger partial charge in [-0.1, -0.05) is 13.8 Å². The van der Waals surface area contributed by atoms with Crippen LogP contribution in [-0.2, 0) is 11.3 Å². The van der Waals surface area contributed by atoms with Gasteiger partial charge >= 0.3 is 5.97 Å². The van der Waals surface area contributed by atoms with E-state index in [1.165, 1.54) is 16.8 Å². The lowest BCUT2D eigenvalue weighted by atomic mass is 10.1. The molecule has 116 valence electrons. The molecule has 8 nitrogen and oxygen atoms in total. The Morgan fingerprint density at radius 2 is 2.14 bits per heavy atom. The largest absolute Gasteiger partial charge is 0.481 e. The van der Waals surface area contributed by atoms with E-state index in [1.807, 2.05) is 6.92 Å². The van der Waals surface area contributed by atoms with Crippen LogP contribution in [0.4, 0.5) is 5.69 Å². The third-order valence-corrected chi connectivity index (χ3v) is 3.14. The van der Waals surface area contributed by atoms with Crippen molar-refractivity contribution in [3.63, 3.8) is 0 Å². The van der Waals surface area contributed by atoms with Crippen molar-refractivity contribution in [3.8, 4) is 0 Å². The molecule has 1 unspecified atom stereocenters. The number of nitrogens with one attached hydrogen (secondary N) is 1. The number of carboxylic acid groups (broad SMARTS) is 1. The second kappa shape index (κ2) is 7.41. The number of aryl methyl sites for hydroxylation is 1. The zero-order chi connectivity index (χ0) is 16.0. The van der Waals surface area contributed by atoms with Gasteiger partial charge in [0.25, 0.3) is 11.6 Å². The smallest absolute Gasteiger partial charge is 0.308 e. The Morgan fingerprint density at radius 1 is 1.48 bits per heavy atom. The Hall–Kier alpha value is -2.38. The van der Waals surface area contributed by atoms with E-state index in [2.05, 4.69) is 5.32 Å². The monoisotopic (exact) mass is 297 g/mol. The van der Waals surface area contributed by atoms with Gasteiger partial charge in [0.15, 0.2) is 0 Å². The number of nitrogens with zero attached hydrogens (tertiary/aromatic N) is 2. The molecule has 0 aliphatic carbocycles. The molecule has 1 aromatic heterocycles. The lowest BCUT2D eigenvalue weighted by Crippen LogP contribution is -2.33. The van der Waals surface area contributed by atoms with Gasteiger partial charge < -0.3 is 15.0 Å². The Morgan fingerprint density at radius 3 is 2.62 bits per heavy atom. The van der Waals surface area contributed by atoms with Crippen LogP contribution in [0.25, 0.3) is 0 Å². The summed E-state index contributed by atoms with van der Waals surface area (Å²) in [7, 11) is 0. The molecule has 0 fully saturated rings. The predicted molar refractivity (Wildman–Crippen MR) is 75.1 cm³/mol. The summed E-state index contributed by atoms with van der Waals surface area (Å²) < 4.78 is 1.51. The van der Waals surface area contributed by atoms with Crippen LogP contribution < -0.4 is 5.32 Å². The van der Waals surface area contributed by atoms with Crippen LogP contribution in [0.2, 0.25) is 0 Å². The van der Waals surface area contributed by atoms with E-state index in [0.29, 0.717) is 13.0 Å². The van der Waals surface area contributed by atoms with Crippen LogP contribution >= 0.6 is 0 Å². The molecule has 2 N–H and O–H groups in total. The van der Waals surface area contributed by atoms with Gasteiger partial charge in [-0.2, -0.15) is 0 Å². The standard InChI is InChI=1S/C13H19N3O5/c1-3-5-15-8-10(16(20)21)6-11(15)12(17)14-7-9(4-2)13(18)19/h6,8-9H,3-5,7H2,1-2H3,(H,14,17)(H,18,19). The van der Waals surface area contributed by atoms with E-state index >= 15 is 0 Å². The van der Waals surface area contributed by atoms with Crippen LogP contribution in [0.5, 0.6) is 0 Å². The molecular formula is C13H19N3O5. The number of carboxylic acids is 1. The summed E-state index contributed by atoms with van der Waals surface area (Å²) in [5.41, 5.74) is 0.0164. The fourth-order valence-electron chi connectivity index (χ4n) is 1.92. The molecule has 1 amide bonds. The average molecular weight is 297 g/mol. The predicted octanol–water partition coefficient (Wildman–Crippen LogP) is 1.65. The van der Waals surface area contributed by atoms with Gasteiger partial charge in [-0.15, -0.1) is 0 Å².